The number of piperidine rings is 1. The molecule has 0 radical (unpaired) electrons. The van der Waals surface area contributed by atoms with Crippen molar-refractivity contribution in [2.75, 3.05) is 25.0 Å². The van der Waals surface area contributed by atoms with E-state index in [1.54, 1.807) is 4.90 Å². The molecular formula is C21H24N4O4. The van der Waals surface area contributed by atoms with Crippen molar-refractivity contribution in [1.82, 2.24) is 15.2 Å². The first-order valence-electron chi connectivity index (χ1n) is 9.52. The van der Waals surface area contributed by atoms with E-state index in [9.17, 15) is 14.4 Å². The number of aryl methyl sites for hydroxylation is 1. The van der Waals surface area contributed by atoms with Gasteiger partial charge in [0.2, 0.25) is 0 Å². The molecule has 8 heteroatoms. The number of urea groups is 1. The van der Waals surface area contributed by atoms with Crippen molar-refractivity contribution >= 4 is 23.6 Å². The predicted octanol–water partition coefficient (Wildman–Crippen LogP) is 2.76. The third-order valence-corrected chi connectivity index (χ3v) is 4.89. The normalized spacial score (nSPS) is 16.2. The number of carbonyl (C=O) groups excluding carboxylic acids is 2. The van der Waals surface area contributed by atoms with Gasteiger partial charge in [0.15, 0.2) is 0 Å². The monoisotopic (exact) mass is 396 g/mol. The molecule has 1 aliphatic rings. The molecule has 0 spiro atoms. The number of aromatic carboxylic acids is 1. The van der Waals surface area contributed by atoms with E-state index in [1.807, 2.05) is 31.2 Å². The van der Waals surface area contributed by atoms with E-state index in [0.29, 0.717) is 19.6 Å². The number of hydrogen-bond donors (Lipinski definition) is 3. The zero-order valence-corrected chi connectivity index (χ0v) is 16.2. The van der Waals surface area contributed by atoms with E-state index in [1.165, 1.54) is 18.3 Å². The number of benzene rings is 1. The van der Waals surface area contributed by atoms with Gasteiger partial charge in [-0.3, -0.25) is 9.78 Å². The highest BCUT2D eigenvalue weighted by Gasteiger charge is 2.26. The second kappa shape index (κ2) is 9.18. The smallest absolute Gasteiger partial charge is 0.335 e. The maximum absolute atomic E-state index is 12.7. The fraction of sp³-hybridized carbons (Fsp3) is 0.333. The summed E-state index contributed by atoms with van der Waals surface area (Å²) in [4.78, 5) is 41.6. The second-order valence-corrected chi connectivity index (χ2v) is 7.20. The van der Waals surface area contributed by atoms with E-state index >= 15 is 0 Å². The van der Waals surface area contributed by atoms with Gasteiger partial charge in [0.25, 0.3) is 5.91 Å². The molecule has 0 aliphatic carbocycles. The number of nitrogens with zero attached hydrogens (tertiary/aromatic N) is 2. The van der Waals surface area contributed by atoms with Gasteiger partial charge in [0.1, 0.15) is 5.69 Å². The summed E-state index contributed by atoms with van der Waals surface area (Å²) in [5, 5.41) is 14.7. The highest BCUT2D eigenvalue weighted by molar-refractivity contribution is 5.95. The first-order valence-corrected chi connectivity index (χ1v) is 9.52. The van der Waals surface area contributed by atoms with E-state index in [4.69, 9.17) is 5.11 Å². The molecule has 1 aromatic carbocycles. The summed E-state index contributed by atoms with van der Waals surface area (Å²) < 4.78 is 0. The van der Waals surface area contributed by atoms with Crippen LogP contribution in [0.15, 0.2) is 42.6 Å². The highest BCUT2D eigenvalue weighted by Crippen LogP contribution is 2.18. The molecule has 1 aliphatic heterocycles. The number of carboxylic acid groups (broad SMARTS) is 1. The SMILES string of the molecule is Cc1ccc(NC(=O)NCC2CCCN(C(=O)c3cc(C(=O)O)ccn3)C2)cc1. The number of carboxylic acids is 1. The van der Waals surface area contributed by atoms with Crippen LogP contribution in [0.3, 0.4) is 0 Å². The van der Waals surface area contributed by atoms with Crippen LogP contribution in [0.2, 0.25) is 0 Å². The lowest BCUT2D eigenvalue weighted by Crippen LogP contribution is -2.44. The quantitative estimate of drug-likeness (QED) is 0.720. The van der Waals surface area contributed by atoms with Gasteiger partial charge in [0, 0.05) is 31.5 Å². The van der Waals surface area contributed by atoms with E-state index < -0.39 is 5.97 Å². The first kappa shape index (κ1) is 20.3. The number of amides is 3. The summed E-state index contributed by atoms with van der Waals surface area (Å²) in [6, 6.07) is 9.90. The number of carbonyl (C=O) groups is 3. The maximum Gasteiger partial charge on any atom is 0.335 e. The average Bonchev–Trinajstić information content (AvgIpc) is 2.73. The zero-order chi connectivity index (χ0) is 20.8. The Morgan fingerprint density at radius 2 is 1.97 bits per heavy atom. The van der Waals surface area contributed by atoms with Crippen LogP contribution in [0.5, 0.6) is 0 Å². The van der Waals surface area contributed by atoms with Crippen molar-refractivity contribution in [3.8, 4) is 0 Å². The van der Waals surface area contributed by atoms with Crippen LogP contribution in [0.1, 0.15) is 39.3 Å². The van der Waals surface area contributed by atoms with Gasteiger partial charge in [-0.25, -0.2) is 9.59 Å². The molecule has 29 heavy (non-hydrogen) atoms. The molecule has 1 atom stereocenters. The van der Waals surface area contributed by atoms with Crippen molar-refractivity contribution in [3.63, 3.8) is 0 Å². The molecule has 2 heterocycles. The summed E-state index contributed by atoms with van der Waals surface area (Å²) in [6.45, 7) is 3.50. The molecule has 3 N–H and O–H groups in total. The molecule has 1 aromatic heterocycles. The molecule has 3 amide bonds. The Bertz CT molecular complexity index is 898. The van der Waals surface area contributed by atoms with Crippen molar-refractivity contribution in [3.05, 3.63) is 59.4 Å². The fourth-order valence-electron chi connectivity index (χ4n) is 3.31. The van der Waals surface area contributed by atoms with E-state index in [2.05, 4.69) is 15.6 Å². The topological polar surface area (TPSA) is 112 Å². The van der Waals surface area contributed by atoms with Crippen LogP contribution in [-0.4, -0.2) is 52.5 Å². The number of hydrogen-bond acceptors (Lipinski definition) is 4. The molecule has 152 valence electrons. The minimum atomic E-state index is -1.10. The lowest BCUT2D eigenvalue weighted by atomic mass is 9.97. The molecule has 0 saturated carbocycles. The Kier molecular flexibility index (Phi) is 6.43. The van der Waals surface area contributed by atoms with Crippen molar-refractivity contribution in [2.24, 2.45) is 5.92 Å². The molecule has 2 aromatic rings. The van der Waals surface area contributed by atoms with Gasteiger partial charge < -0.3 is 20.6 Å². The minimum Gasteiger partial charge on any atom is -0.478 e. The van der Waals surface area contributed by atoms with E-state index in [0.717, 1.165) is 24.1 Å². The molecular weight excluding hydrogens is 372 g/mol. The Labute approximate surface area is 168 Å². The number of aromatic nitrogens is 1. The fourth-order valence-corrected chi connectivity index (χ4v) is 3.31. The Balaban J connectivity index is 1.53. The van der Waals surface area contributed by atoms with Crippen LogP contribution in [0, 0.1) is 12.8 Å². The third-order valence-electron chi connectivity index (χ3n) is 4.89. The maximum atomic E-state index is 12.7. The Morgan fingerprint density at radius 1 is 1.21 bits per heavy atom. The molecule has 1 fully saturated rings. The Hall–Kier alpha value is -3.42. The molecule has 3 rings (SSSR count). The minimum absolute atomic E-state index is 0.0337. The van der Waals surface area contributed by atoms with Crippen molar-refractivity contribution in [2.45, 2.75) is 19.8 Å². The number of likely N-dealkylation sites (tertiary alicyclic amines) is 1. The number of nitrogens with one attached hydrogen (secondary N) is 2. The van der Waals surface area contributed by atoms with Crippen molar-refractivity contribution in [1.29, 1.82) is 0 Å². The standard InChI is InChI=1S/C21H24N4O4/c1-14-4-6-17(7-5-14)24-21(29)23-12-15-3-2-10-25(13-15)19(26)18-11-16(20(27)28)8-9-22-18/h4-9,11,15H,2-3,10,12-13H2,1H3,(H,27,28)(H2,23,24,29). The van der Waals surface area contributed by atoms with E-state index in [-0.39, 0.29) is 29.1 Å². The largest absolute Gasteiger partial charge is 0.478 e. The van der Waals surface area contributed by atoms with Gasteiger partial charge >= 0.3 is 12.0 Å². The molecule has 0 bridgehead atoms. The second-order valence-electron chi connectivity index (χ2n) is 7.20. The number of anilines is 1. The van der Waals surface area contributed by atoms with Crippen LogP contribution in [0.4, 0.5) is 10.5 Å². The number of pyridine rings is 1. The summed E-state index contributed by atoms with van der Waals surface area (Å²) in [6.07, 6.45) is 3.04. The first-order chi connectivity index (χ1) is 13.9. The summed E-state index contributed by atoms with van der Waals surface area (Å²) in [5.41, 5.74) is 1.99. The van der Waals surface area contributed by atoms with Gasteiger partial charge in [-0.2, -0.15) is 0 Å². The van der Waals surface area contributed by atoms with Gasteiger partial charge in [0.05, 0.1) is 5.56 Å². The summed E-state index contributed by atoms with van der Waals surface area (Å²) in [5.74, 6) is -1.26. The highest BCUT2D eigenvalue weighted by atomic mass is 16.4. The lowest BCUT2D eigenvalue weighted by molar-refractivity contribution is 0.0669. The molecule has 1 saturated heterocycles. The van der Waals surface area contributed by atoms with Crippen molar-refractivity contribution < 1.29 is 19.5 Å². The third kappa shape index (κ3) is 5.54. The predicted molar refractivity (Wildman–Crippen MR) is 108 cm³/mol. The number of rotatable bonds is 5. The average molecular weight is 396 g/mol. The van der Waals surface area contributed by atoms with Crippen LogP contribution < -0.4 is 10.6 Å². The van der Waals surface area contributed by atoms with Gasteiger partial charge in [-0.1, -0.05) is 17.7 Å². The summed E-state index contributed by atoms with van der Waals surface area (Å²) >= 11 is 0. The molecule has 8 nitrogen and oxygen atoms in total. The van der Waals surface area contributed by atoms with Gasteiger partial charge in [-0.15, -0.1) is 0 Å². The molecule has 1 unspecified atom stereocenters. The van der Waals surface area contributed by atoms with Crippen LogP contribution in [0.25, 0.3) is 0 Å². The zero-order valence-electron chi connectivity index (χ0n) is 16.2. The van der Waals surface area contributed by atoms with Crippen LogP contribution >= 0.6 is 0 Å². The van der Waals surface area contributed by atoms with Gasteiger partial charge in [-0.05, 0) is 49.9 Å². The van der Waals surface area contributed by atoms with Crippen LogP contribution in [-0.2, 0) is 0 Å². The summed E-state index contributed by atoms with van der Waals surface area (Å²) in [7, 11) is 0. The lowest BCUT2D eigenvalue weighted by Gasteiger charge is -2.32. The Morgan fingerprint density at radius 3 is 2.69 bits per heavy atom.